The van der Waals surface area contributed by atoms with Crippen molar-refractivity contribution in [3.05, 3.63) is 60.8 Å². The van der Waals surface area contributed by atoms with Crippen molar-refractivity contribution in [1.82, 2.24) is 4.98 Å². The number of furan rings is 1. The SMILES string of the molecule is c1cncc(COc2ccc3cocc3c2)c1. The minimum absolute atomic E-state index is 0.525. The van der Waals surface area contributed by atoms with E-state index in [0.717, 1.165) is 22.1 Å². The van der Waals surface area contributed by atoms with Crippen molar-refractivity contribution in [2.45, 2.75) is 6.61 Å². The average Bonchev–Trinajstić information content (AvgIpc) is 2.85. The third-order valence-corrected chi connectivity index (χ3v) is 2.58. The van der Waals surface area contributed by atoms with Crippen LogP contribution in [-0.4, -0.2) is 4.98 Å². The Balaban J connectivity index is 1.76. The lowest BCUT2D eigenvalue weighted by atomic mass is 10.2. The second kappa shape index (κ2) is 4.29. The summed E-state index contributed by atoms with van der Waals surface area (Å²) in [4.78, 5) is 4.04. The number of hydrogen-bond acceptors (Lipinski definition) is 3. The molecule has 0 radical (unpaired) electrons. The van der Waals surface area contributed by atoms with Crippen molar-refractivity contribution < 1.29 is 9.15 Å². The Labute approximate surface area is 98.7 Å². The molecule has 17 heavy (non-hydrogen) atoms. The first-order valence-corrected chi connectivity index (χ1v) is 5.39. The Morgan fingerprint density at radius 2 is 2.06 bits per heavy atom. The first-order chi connectivity index (χ1) is 8.42. The van der Waals surface area contributed by atoms with Gasteiger partial charge in [-0.05, 0) is 24.3 Å². The van der Waals surface area contributed by atoms with Gasteiger partial charge in [-0.2, -0.15) is 0 Å². The van der Waals surface area contributed by atoms with E-state index < -0.39 is 0 Å². The van der Waals surface area contributed by atoms with Crippen molar-refractivity contribution in [3.63, 3.8) is 0 Å². The third kappa shape index (κ3) is 2.13. The highest BCUT2D eigenvalue weighted by atomic mass is 16.5. The summed E-state index contributed by atoms with van der Waals surface area (Å²) in [5, 5.41) is 2.13. The Hall–Kier alpha value is -2.29. The maximum atomic E-state index is 5.69. The molecule has 0 aliphatic heterocycles. The molecule has 2 aromatic heterocycles. The largest absolute Gasteiger partial charge is 0.489 e. The summed E-state index contributed by atoms with van der Waals surface area (Å²) < 4.78 is 10.8. The minimum atomic E-state index is 0.525. The van der Waals surface area contributed by atoms with Crippen molar-refractivity contribution in [2.75, 3.05) is 0 Å². The Morgan fingerprint density at radius 3 is 2.94 bits per heavy atom. The van der Waals surface area contributed by atoms with Gasteiger partial charge in [0, 0.05) is 28.7 Å². The first-order valence-electron chi connectivity index (χ1n) is 5.39. The number of nitrogens with zero attached hydrogens (tertiary/aromatic N) is 1. The van der Waals surface area contributed by atoms with Gasteiger partial charge in [-0.15, -0.1) is 0 Å². The summed E-state index contributed by atoms with van der Waals surface area (Å²) in [6.07, 6.45) is 6.99. The molecule has 3 heteroatoms. The summed E-state index contributed by atoms with van der Waals surface area (Å²) in [5.74, 6) is 0.836. The molecule has 3 aromatic rings. The molecule has 3 rings (SSSR count). The molecule has 84 valence electrons. The Morgan fingerprint density at radius 1 is 1.12 bits per heavy atom. The van der Waals surface area contributed by atoms with Gasteiger partial charge in [0.15, 0.2) is 0 Å². The molecule has 0 atom stereocenters. The number of ether oxygens (including phenoxy) is 1. The fourth-order valence-electron chi connectivity index (χ4n) is 1.68. The fourth-order valence-corrected chi connectivity index (χ4v) is 1.68. The summed E-state index contributed by atoms with van der Waals surface area (Å²) in [6.45, 7) is 0.525. The van der Waals surface area contributed by atoms with E-state index in [2.05, 4.69) is 4.98 Å². The molecule has 1 aromatic carbocycles. The smallest absolute Gasteiger partial charge is 0.120 e. The number of hydrogen-bond donors (Lipinski definition) is 0. The molecule has 0 saturated carbocycles. The first kappa shape index (κ1) is 9.90. The van der Waals surface area contributed by atoms with Crippen LogP contribution in [0.1, 0.15) is 5.56 Å². The highest BCUT2D eigenvalue weighted by Gasteiger charge is 1.99. The van der Waals surface area contributed by atoms with Crippen LogP contribution in [0.5, 0.6) is 5.75 Å². The average molecular weight is 225 g/mol. The van der Waals surface area contributed by atoms with Gasteiger partial charge in [0.25, 0.3) is 0 Å². The van der Waals surface area contributed by atoms with E-state index in [1.165, 1.54) is 0 Å². The van der Waals surface area contributed by atoms with E-state index >= 15 is 0 Å². The second-order valence-electron chi connectivity index (χ2n) is 3.81. The van der Waals surface area contributed by atoms with Crippen LogP contribution < -0.4 is 4.74 Å². The van der Waals surface area contributed by atoms with E-state index in [9.17, 15) is 0 Å². The minimum Gasteiger partial charge on any atom is -0.489 e. The lowest BCUT2D eigenvalue weighted by Crippen LogP contribution is -1.95. The quantitative estimate of drug-likeness (QED) is 0.685. The maximum absolute atomic E-state index is 5.69. The monoisotopic (exact) mass is 225 g/mol. The predicted octanol–water partition coefficient (Wildman–Crippen LogP) is 3.41. The van der Waals surface area contributed by atoms with Crippen LogP contribution in [0.3, 0.4) is 0 Å². The molecule has 0 unspecified atom stereocenters. The summed E-state index contributed by atoms with van der Waals surface area (Å²) in [6, 6.07) is 9.78. The molecule has 0 amide bonds. The van der Waals surface area contributed by atoms with Crippen molar-refractivity contribution in [2.24, 2.45) is 0 Å². The zero-order valence-corrected chi connectivity index (χ0v) is 9.17. The molecule has 2 heterocycles. The summed E-state index contributed by atoms with van der Waals surface area (Å²) >= 11 is 0. The third-order valence-electron chi connectivity index (χ3n) is 2.58. The number of benzene rings is 1. The normalized spacial score (nSPS) is 10.6. The highest BCUT2D eigenvalue weighted by molar-refractivity contribution is 5.82. The molecular formula is C14H11NO2. The standard InChI is InChI=1S/C14H11NO2/c1-2-11(7-15-5-1)8-17-14-4-3-12-9-16-10-13(12)6-14/h1-7,9-10H,8H2. The van der Waals surface area contributed by atoms with Crippen LogP contribution in [0.15, 0.2) is 59.7 Å². The number of fused-ring (bicyclic) bond motifs is 1. The van der Waals surface area contributed by atoms with Crippen molar-refractivity contribution >= 4 is 10.8 Å². The van der Waals surface area contributed by atoms with Gasteiger partial charge in [-0.1, -0.05) is 6.07 Å². The molecule has 0 aliphatic rings. The van der Waals surface area contributed by atoms with Gasteiger partial charge in [0.2, 0.25) is 0 Å². The van der Waals surface area contributed by atoms with Crippen LogP contribution in [0, 0.1) is 0 Å². The van der Waals surface area contributed by atoms with Gasteiger partial charge in [-0.3, -0.25) is 4.98 Å². The van der Waals surface area contributed by atoms with Crippen LogP contribution in [0.4, 0.5) is 0 Å². The van der Waals surface area contributed by atoms with Crippen molar-refractivity contribution in [3.8, 4) is 5.75 Å². The molecule has 0 aliphatic carbocycles. The number of pyridine rings is 1. The fraction of sp³-hybridized carbons (Fsp3) is 0.0714. The maximum Gasteiger partial charge on any atom is 0.120 e. The lowest BCUT2D eigenvalue weighted by molar-refractivity contribution is 0.306. The lowest BCUT2D eigenvalue weighted by Gasteiger charge is -2.05. The topological polar surface area (TPSA) is 35.3 Å². The number of rotatable bonds is 3. The van der Waals surface area contributed by atoms with Crippen LogP contribution >= 0.6 is 0 Å². The Kier molecular flexibility index (Phi) is 2.50. The van der Waals surface area contributed by atoms with Gasteiger partial charge in [0.1, 0.15) is 12.4 Å². The Bertz CT molecular complexity index is 616. The van der Waals surface area contributed by atoms with Crippen LogP contribution in [-0.2, 0) is 6.61 Å². The van der Waals surface area contributed by atoms with Crippen LogP contribution in [0.2, 0.25) is 0 Å². The second-order valence-corrected chi connectivity index (χ2v) is 3.81. The van der Waals surface area contributed by atoms with Crippen molar-refractivity contribution in [1.29, 1.82) is 0 Å². The number of aromatic nitrogens is 1. The van der Waals surface area contributed by atoms with Gasteiger partial charge in [-0.25, -0.2) is 0 Å². The molecule has 3 nitrogen and oxygen atoms in total. The molecule has 0 spiro atoms. The van der Waals surface area contributed by atoms with E-state index in [1.807, 2.05) is 30.3 Å². The van der Waals surface area contributed by atoms with Gasteiger partial charge in [0.05, 0.1) is 12.5 Å². The zero-order chi connectivity index (χ0) is 11.5. The molecule has 0 saturated heterocycles. The molecule has 0 bridgehead atoms. The summed E-state index contributed by atoms with van der Waals surface area (Å²) in [7, 11) is 0. The zero-order valence-electron chi connectivity index (χ0n) is 9.17. The molecule has 0 N–H and O–H groups in total. The van der Waals surface area contributed by atoms with E-state index in [-0.39, 0.29) is 0 Å². The molecule has 0 fully saturated rings. The van der Waals surface area contributed by atoms with E-state index in [0.29, 0.717) is 6.61 Å². The molecular weight excluding hydrogens is 214 g/mol. The predicted molar refractivity (Wildman–Crippen MR) is 64.8 cm³/mol. The van der Waals surface area contributed by atoms with Gasteiger partial charge < -0.3 is 9.15 Å². The highest BCUT2D eigenvalue weighted by Crippen LogP contribution is 2.22. The van der Waals surface area contributed by atoms with Crippen LogP contribution in [0.25, 0.3) is 10.8 Å². The summed E-state index contributed by atoms with van der Waals surface area (Å²) in [5.41, 5.74) is 1.06. The van der Waals surface area contributed by atoms with E-state index in [1.54, 1.807) is 24.9 Å². The van der Waals surface area contributed by atoms with E-state index in [4.69, 9.17) is 9.15 Å². The van der Waals surface area contributed by atoms with Gasteiger partial charge >= 0.3 is 0 Å².